The van der Waals surface area contributed by atoms with Crippen LogP contribution in [-0.4, -0.2) is 29.9 Å². The van der Waals surface area contributed by atoms with Crippen molar-refractivity contribution >= 4 is 28.8 Å². The standard InChI is InChI=1S/C20H19ClN2O2S/c1-13-18(26-19(22-13)14-8-10-16(21)11-9-14)20(24)23(2)12-15-6-4-5-7-17(15)25-3/h4-11H,12H2,1-3H3. The summed E-state index contributed by atoms with van der Waals surface area (Å²) < 4.78 is 5.37. The van der Waals surface area contributed by atoms with Gasteiger partial charge in [-0.3, -0.25) is 4.79 Å². The van der Waals surface area contributed by atoms with Gasteiger partial charge in [-0.2, -0.15) is 0 Å². The summed E-state index contributed by atoms with van der Waals surface area (Å²) in [5.41, 5.74) is 2.65. The van der Waals surface area contributed by atoms with Crippen LogP contribution in [0.3, 0.4) is 0 Å². The summed E-state index contributed by atoms with van der Waals surface area (Å²) in [7, 11) is 3.42. The molecule has 0 saturated carbocycles. The van der Waals surface area contributed by atoms with Crippen molar-refractivity contribution in [2.24, 2.45) is 0 Å². The van der Waals surface area contributed by atoms with Gasteiger partial charge in [0.1, 0.15) is 15.6 Å². The monoisotopic (exact) mass is 386 g/mol. The van der Waals surface area contributed by atoms with Crippen molar-refractivity contribution in [3.63, 3.8) is 0 Å². The molecule has 0 N–H and O–H groups in total. The molecule has 3 rings (SSSR count). The fourth-order valence-electron chi connectivity index (χ4n) is 2.65. The zero-order valence-corrected chi connectivity index (χ0v) is 16.4. The van der Waals surface area contributed by atoms with Crippen LogP contribution >= 0.6 is 22.9 Å². The average molecular weight is 387 g/mol. The molecule has 0 saturated heterocycles. The van der Waals surface area contributed by atoms with E-state index in [-0.39, 0.29) is 5.91 Å². The Hall–Kier alpha value is -2.37. The van der Waals surface area contributed by atoms with Crippen molar-refractivity contribution in [1.82, 2.24) is 9.88 Å². The van der Waals surface area contributed by atoms with Crippen LogP contribution in [0, 0.1) is 6.92 Å². The van der Waals surface area contributed by atoms with Crippen LogP contribution in [-0.2, 0) is 6.54 Å². The fourth-order valence-corrected chi connectivity index (χ4v) is 3.84. The summed E-state index contributed by atoms with van der Waals surface area (Å²) >= 11 is 7.34. The summed E-state index contributed by atoms with van der Waals surface area (Å²) in [4.78, 5) is 19.8. The van der Waals surface area contributed by atoms with Gasteiger partial charge in [0.05, 0.1) is 12.8 Å². The highest BCUT2D eigenvalue weighted by Crippen LogP contribution is 2.30. The minimum Gasteiger partial charge on any atom is -0.496 e. The van der Waals surface area contributed by atoms with E-state index in [0.717, 1.165) is 27.6 Å². The maximum Gasteiger partial charge on any atom is 0.265 e. The summed E-state index contributed by atoms with van der Waals surface area (Å²) in [5.74, 6) is 0.723. The third-order valence-corrected chi connectivity index (χ3v) is 5.48. The highest BCUT2D eigenvalue weighted by atomic mass is 35.5. The van der Waals surface area contributed by atoms with Gasteiger partial charge in [0, 0.05) is 29.7 Å². The maximum absolute atomic E-state index is 12.9. The van der Waals surface area contributed by atoms with E-state index in [1.165, 1.54) is 11.3 Å². The smallest absolute Gasteiger partial charge is 0.265 e. The largest absolute Gasteiger partial charge is 0.496 e. The van der Waals surface area contributed by atoms with E-state index in [0.29, 0.717) is 16.4 Å². The topological polar surface area (TPSA) is 42.4 Å². The lowest BCUT2D eigenvalue weighted by molar-refractivity contribution is 0.0788. The van der Waals surface area contributed by atoms with Crippen LogP contribution < -0.4 is 4.74 Å². The first-order chi connectivity index (χ1) is 12.5. The molecule has 6 heteroatoms. The van der Waals surface area contributed by atoms with E-state index in [1.54, 1.807) is 19.1 Å². The molecule has 0 aliphatic rings. The summed E-state index contributed by atoms with van der Waals surface area (Å²) in [5, 5.41) is 1.49. The third-order valence-electron chi connectivity index (χ3n) is 4.03. The molecule has 0 atom stereocenters. The van der Waals surface area contributed by atoms with Gasteiger partial charge in [0.2, 0.25) is 0 Å². The fraction of sp³-hybridized carbons (Fsp3) is 0.200. The minimum absolute atomic E-state index is 0.0499. The van der Waals surface area contributed by atoms with Crippen LogP contribution in [0.1, 0.15) is 20.9 Å². The summed E-state index contributed by atoms with van der Waals surface area (Å²) in [6.07, 6.45) is 0. The van der Waals surface area contributed by atoms with E-state index in [2.05, 4.69) is 4.98 Å². The number of methoxy groups -OCH3 is 1. The average Bonchev–Trinajstić information content (AvgIpc) is 3.03. The lowest BCUT2D eigenvalue weighted by atomic mass is 10.2. The summed E-state index contributed by atoms with van der Waals surface area (Å²) in [6.45, 7) is 2.33. The van der Waals surface area contributed by atoms with Crippen molar-refractivity contribution in [3.8, 4) is 16.3 Å². The van der Waals surface area contributed by atoms with Gasteiger partial charge in [-0.1, -0.05) is 41.9 Å². The normalized spacial score (nSPS) is 10.6. The van der Waals surface area contributed by atoms with Gasteiger partial charge in [-0.15, -0.1) is 11.3 Å². The zero-order valence-electron chi connectivity index (χ0n) is 14.8. The van der Waals surface area contributed by atoms with Gasteiger partial charge < -0.3 is 9.64 Å². The number of hydrogen-bond acceptors (Lipinski definition) is 4. The Morgan fingerprint density at radius 1 is 1.19 bits per heavy atom. The minimum atomic E-state index is -0.0499. The molecular weight excluding hydrogens is 368 g/mol. The number of aryl methyl sites for hydroxylation is 1. The summed E-state index contributed by atoms with van der Waals surface area (Å²) in [6, 6.07) is 15.2. The van der Waals surface area contributed by atoms with Crippen LogP contribution in [0.4, 0.5) is 0 Å². The number of carbonyl (C=O) groups is 1. The van der Waals surface area contributed by atoms with Crippen molar-refractivity contribution in [2.45, 2.75) is 13.5 Å². The van der Waals surface area contributed by atoms with Crippen molar-refractivity contribution in [2.75, 3.05) is 14.2 Å². The number of nitrogens with zero attached hydrogens (tertiary/aromatic N) is 2. The molecule has 0 spiro atoms. The molecule has 4 nitrogen and oxygen atoms in total. The zero-order chi connectivity index (χ0) is 18.7. The molecule has 26 heavy (non-hydrogen) atoms. The van der Waals surface area contributed by atoms with Crippen LogP contribution in [0.25, 0.3) is 10.6 Å². The second-order valence-corrected chi connectivity index (χ2v) is 7.35. The van der Waals surface area contributed by atoms with Gasteiger partial charge >= 0.3 is 0 Å². The Morgan fingerprint density at radius 2 is 1.88 bits per heavy atom. The quantitative estimate of drug-likeness (QED) is 0.616. The van der Waals surface area contributed by atoms with E-state index in [4.69, 9.17) is 16.3 Å². The first-order valence-electron chi connectivity index (χ1n) is 8.10. The first-order valence-corrected chi connectivity index (χ1v) is 9.29. The Bertz CT molecular complexity index is 922. The molecule has 0 radical (unpaired) electrons. The molecule has 1 heterocycles. The molecule has 0 unspecified atom stereocenters. The number of benzene rings is 2. The third kappa shape index (κ3) is 3.89. The number of thiazole rings is 1. The molecular formula is C20H19ClN2O2S. The number of carbonyl (C=O) groups excluding carboxylic acids is 1. The Labute approximate surface area is 162 Å². The predicted molar refractivity (Wildman–Crippen MR) is 106 cm³/mol. The molecule has 1 aromatic heterocycles. The second kappa shape index (κ2) is 7.89. The molecule has 3 aromatic rings. The molecule has 134 valence electrons. The lowest BCUT2D eigenvalue weighted by Gasteiger charge is -2.18. The highest BCUT2D eigenvalue weighted by Gasteiger charge is 2.20. The molecule has 2 aromatic carbocycles. The van der Waals surface area contributed by atoms with E-state index in [9.17, 15) is 4.79 Å². The molecule has 0 fully saturated rings. The van der Waals surface area contributed by atoms with E-state index in [1.807, 2.05) is 55.5 Å². The molecule has 0 aliphatic heterocycles. The van der Waals surface area contributed by atoms with Gasteiger partial charge in [-0.05, 0) is 25.1 Å². The highest BCUT2D eigenvalue weighted by molar-refractivity contribution is 7.17. The Kier molecular flexibility index (Phi) is 5.59. The van der Waals surface area contributed by atoms with Gasteiger partial charge in [0.15, 0.2) is 0 Å². The number of aromatic nitrogens is 1. The van der Waals surface area contributed by atoms with E-state index < -0.39 is 0 Å². The van der Waals surface area contributed by atoms with Crippen LogP contribution in [0.2, 0.25) is 5.02 Å². The van der Waals surface area contributed by atoms with Crippen molar-refractivity contribution < 1.29 is 9.53 Å². The van der Waals surface area contributed by atoms with Crippen molar-refractivity contribution in [3.05, 3.63) is 69.7 Å². The molecule has 0 bridgehead atoms. The number of para-hydroxylation sites is 1. The number of halogens is 1. The van der Waals surface area contributed by atoms with Gasteiger partial charge in [0.25, 0.3) is 5.91 Å². The number of amides is 1. The van der Waals surface area contributed by atoms with Crippen molar-refractivity contribution in [1.29, 1.82) is 0 Å². The second-order valence-electron chi connectivity index (χ2n) is 5.91. The predicted octanol–water partition coefficient (Wildman–Crippen LogP) is 5.05. The van der Waals surface area contributed by atoms with Crippen LogP contribution in [0.5, 0.6) is 5.75 Å². The van der Waals surface area contributed by atoms with E-state index >= 15 is 0 Å². The first kappa shape index (κ1) is 18.4. The number of rotatable bonds is 5. The molecule has 1 amide bonds. The number of ether oxygens (including phenoxy) is 1. The Balaban J connectivity index is 1.82. The SMILES string of the molecule is COc1ccccc1CN(C)C(=O)c1sc(-c2ccc(Cl)cc2)nc1C. The van der Waals surface area contributed by atoms with Gasteiger partial charge in [-0.25, -0.2) is 4.98 Å². The number of hydrogen-bond donors (Lipinski definition) is 0. The maximum atomic E-state index is 12.9. The lowest BCUT2D eigenvalue weighted by Crippen LogP contribution is -2.26. The Morgan fingerprint density at radius 3 is 2.58 bits per heavy atom. The molecule has 0 aliphatic carbocycles. The van der Waals surface area contributed by atoms with Crippen LogP contribution in [0.15, 0.2) is 48.5 Å².